The summed E-state index contributed by atoms with van der Waals surface area (Å²) in [4.78, 5) is 14.4. The third-order valence-corrected chi connectivity index (χ3v) is 5.88. The van der Waals surface area contributed by atoms with Crippen LogP contribution in [0.4, 0.5) is 5.69 Å². The lowest BCUT2D eigenvalue weighted by atomic mass is 10.2. The number of benzene rings is 2. The van der Waals surface area contributed by atoms with E-state index in [1.54, 1.807) is 0 Å². The number of anilines is 1. The van der Waals surface area contributed by atoms with Gasteiger partial charge in [-0.2, -0.15) is 0 Å². The van der Waals surface area contributed by atoms with Crippen LogP contribution in [0, 0.1) is 0 Å². The molecule has 0 unspecified atom stereocenters. The molecule has 0 fully saturated rings. The molecule has 7 nitrogen and oxygen atoms in total. The Labute approximate surface area is 187 Å². The topological polar surface area (TPSA) is 72.3 Å². The van der Waals surface area contributed by atoms with Gasteiger partial charge in [0.2, 0.25) is 5.91 Å². The minimum Gasteiger partial charge on any atom is -0.492 e. The van der Waals surface area contributed by atoms with Crippen LogP contribution in [-0.2, 0) is 11.8 Å². The Morgan fingerprint density at radius 3 is 2.45 bits per heavy atom. The molecule has 0 spiro atoms. The van der Waals surface area contributed by atoms with Crippen LogP contribution in [0.2, 0.25) is 0 Å². The summed E-state index contributed by atoms with van der Waals surface area (Å²) >= 11 is 1.37. The molecule has 0 saturated heterocycles. The predicted molar refractivity (Wildman–Crippen MR) is 126 cm³/mol. The molecule has 1 amide bonds. The molecule has 2 aromatic carbocycles. The normalized spacial score (nSPS) is 10.7. The highest BCUT2D eigenvalue weighted by Gasteiger charge is 2.13. The lowest BCUT2D eigenvalue weighted by Gasteiger charge is -2.21. The smallest absolute Gasteiger partial charge is 0.230 e. The van der Waals surface area contributed by atoms with E-state index in [9.17, 15) is 4.79 Å². The zero-order valence-corrected chi connectivity index (χ0v) is 19.1. The molecule has 3 rings (SSSR count). The first-order valence-electron chi connectivity index (χ1n) is 10.4. The number of carbonyl (C=O) groups excluding carboxylic acids is 1. The van der Waals surface area contributed by atoms with Gasteiger partial charge in [0.15, 0.2) is 11.0 Å². The van der Waals surface area contributed by atoms with Gasteiger partial charge in [-0.05, 0) is 50.2 Å². The third-order valence-electron chi connectivity index (χ3n) is 4.86. The van der Waals surface area contributed by atoms with Crippen LogP contribution >= 0.6 is 11.8 Å². The third kappa shape index (κ3) is 6.24. The van der Waals surface area contributed by atoms with Crippen molar-refractivity contribution in [3.05, 3.63) is 54.6 Å². The quantitative estimate of drug-likeness (QED) is 0.363. The van der Waals surface area contributed by atoms with E-state index in [1.165, 1.54) is 17.4 Å². The first-order valence-corrected chi connectivity index (χ1v) is 11.4. The van der Waals surface area contributed by atoms with Gasteiger partial charge in [0.05, 0.1) is 12.3 Å². The molecule has 0 aliphatic carbocycles. The van der Waals surface area contributed by atoms with Gasteiger partial charge >= 0.3 is 0 Å². The van der Waals surface area contributed by atoms with E-state index < -0.39 is 0 Å². The Kier molecular flexibility index (Phi) is 8.35. The van der Waals surface area contributed by atoms with Gasteiger partial charge in [-0.1, -0.05) is 30.0 Å². The Hall–Kier alpha value is -3.00. The maximum absolute atomic E-state index is 12.1. The minimum atomic E-state index is -0.0604. The van der Waals surface area contributed by atoms with Crippen LogP contribution in [-0.4, -0.2) is 52.7 Å². The number of rotatable bonds is 11. The largest absolute Gasteiger partial charge is 0.492 e. The highest BCUT2D eigenvalue weighted by molar-refractivity contribution is 7.99. The van der Waals surface area contributed by atoms with Gasteiger partial charge in [-0.3, -0.25) is 4.79 Å². The Balaban J connectivity index is 1.48. The van der Waals surface area contributed by atoms with Crippen LogP contribution in [0.5, 0.6) is 5.75 Å². The fourth-order valence-corrected chi connectivity index (χ4v) is 3.90. The number of carbonyl (C=O) groups is 1. The lowest BCUT2D eigenvalue weighted by Crippen LogP contribution is -2.29. The summed E-state index contributed by atoms with van der Waals surface area (Å²) in [6.07, 6.45) is 0. The molecular weight excluding hydrogens is 410 g/mol. The summed E-state index contributed by atoms with van der Waals surface area (Å²) in [6, 6.07) is 17.9. The molecule has 8 heteroatoms. The van der Waals surface area contributed by atoms with Crippen LogP contribution < -0.4 is 15.0 Å². The van der Waals surface area contributed by atoms with Crippen molar-refractivity contribution in [2.75, 3.05) is 36.9 Å². The molecule has 31 heavy (non-hydrogen) atoms. The second kappa shape index (κ2) is 11.4. The minimum absolute atomic E-state index is 0.0604. The maximum Gasteiger partial charge on any atom is 0.230 e. The zero-order valence-electron chi connectivity index (χ0n) is 18.2. The van der Waals surface area contributed by atoms with Crippen LogP contribution in [0.25, 0.3) is 11.4 Å². The number of nitrogens with one attached hydrogen (secondary N) is 1. The molecular formula is C23H29N5O2S. The molecule has 164 valence electrons. The molecule has 0 saturated carbocycles. The fraction of sp³-hybridized carbons (Fsp3) is 0.348. The lowest BCUT2D eigenvalue weighted by molar-refractivity contribution is -0.118. The second-order valence-corrected chi connectivity index (χ2v) is 7.83. The number of nitrogens with zero attached hydrogens (tertiary/aromatic N) is 4. The zero-order chi connectivity index (χ0) is 22.1. The molecule has 3 aromatic rings. The molecule has 1 aromatic heterocycles. The van der Waals surface area contributed by atoms with Crippen molar-refractivity contribution >= 4 is 23.4 Å². The van der Waals surface area contributed by atoms with E-state index in [0.717, 1.165) is 30.2 Å². The van der Waals surface area contributed by atoms with Gasteiger partial charge in [-0.15, -0.1) is 10.2 Å². The summed E-state index contributed by atoms with van der Waals surface area (Å²) in [5, 5.41) is 12.1. The standard InChI is InChI=1S/C23H29N5O2S/c1-4-28(5-2)19-13-11-18(12-14-19)22-25-26-23(27(22)3)31-17-21(29)24-15-16-30-20-9-7-6-8-10-20/h6-14H,4-5,15-17H2,1-3H3,(H,24,29). The fourth-order valence-electron chi connectivity index (χ4n) is 3.16. The molecule has 0 aliphatic heterocycles. The number of para-hydroxylation sites is 1. The number of thioether (sulfide) groups is 1. The first-order chi connectivity index (χ1) is 15.1. The Bertz CT molecular complexity index is 956. The highest BCUT2D eigenvalue weighted by Crippen LogP contribution is 2.25. The number of ether oxygens (including phenoxy) is 1. The number of hydrogen-bond donors (Lipinski definition) is 1. The van der Waals surface area contributed by atoms with E-state index in [0.29, 0.717) is 18.3 Å². The van der Waals surface area contributed by atoms with Crippen LogP contribution in [0.15, 0.2) is 59.8 Å². The monoisotopic (exact) mass is 439 g/mol. The summed E-state index contributed by atoms with van der Waals surface area (Å²) in [5.41, 5.74) is 2.19. The van der Waals surface area contributed by atoms with Crippen LogP contribution in [0.3, 0.4) is 0 Å². The van der Waals surface area contributed by atoms with Gasteiger partial charge in [-0.25, -0.2) is 0 Å². The van der Waals surface area contributed by atoms with Gasteiger partial charge in [0, 0.05) is 31.4 Å². The number of hydrogen-bond acceptors (Lipinski definition) is 6. The molecule has 0 radical (unpaired) electrons. The SMILES string of the molecule is CCN(CC)c1ccc(-c2nnc(SCC(=O)NCCOc3ccccc3)n2C)cc1. The summed E-state index contributed by atoms with van der Waals surface area (Å²) < 4.78 is 7.50. The van der Waals surface area contributed by atoms with Crippen LogP contribution in [0.1, 0.15) is 13.8 Å². The summed E-state index contributed by atoms with van der Waals surface area (Å²) in [7, 11) is 1.92. The molecule has 0 atom stereocenters. The maximum atomic E-state index is 12.1. The van der Waals surface area contributed by atoms with Crippen molar-refractivity contribution in [1.82, 2.24) is 20.1 Å². The highest BCUT2D eigenvalue weighted by atomic mass is 32.2. The number of aromatic nitrogens is 3. The Morgan fingerprint density at radius 1 is 1.06 bits per heavy atom. The van der Waals surface area contributed by atoms with Crippen molar-refractivity contribution < 1.29 is 9.53 Å². The first kappa shape index (κ1) is 22.7. The van der Waals surface area contributed by atoms with Gasteiger partial charge < -0.3 is 19.5 Å². The summed E-state index contributed by atoms with van der Waals surface area (Å²) in [6.45, 7) is 7.13. The molecule has 0 aliphatic rings. The molecule has 1 N–H and O–H groups in total. The average molecular weight is 440 g/mol. The summed E-state index contributed by atoms with van der Waals surface area (Å²) in [5.74, 6) is 1.79. The predicted octanol–water partition coefficient (Wildman–Crippen LogP) is 3.62. The van der Waals surface area contributed by atoms with Crippen molar-refractivity contribution in [3.8, 4) is 17.1 Å². The van der Waals surface area contributed by atoms with E-state index in [1.807, 2.05) is 41.9 Å². The second-order valence-electron chi connectivity index (χ2n) is 6.88. The van der Waals surface area contributed by atoms with E-state index >= 15 is 0 Å². The van der Waals surface area contributed by atoms with E-state index in [4.69, 9.17) is 4.74 Å². The van der Waals surface area contributed by atoms with Gasteiger partial charge in [0.25, 0.3) is 0 Å². The average Bonchev–Trinajstić information content (AvgIpc) is 3.17. The van der Waals surface area contributed by atoms with Crippen molar-refractivity contribution in [2.45, 2.75) is 19.0 Å². The molecule has 0 bridgehead atoms. The van der Waals surface area contributed by atoms with E-state index in [-0.39, 0.29) is 11.7 Å². The van der Waals surface area contributed by atoms with Crippen molar-refractivity contribution in [3.63, 3.8) is 0 Å². The van der Waals surface area contributed by atoms with Crippen molar-refractivity contribution in [1.29, 1.82) is 0 Å². The number of amides is 1. The molecule has 1 heterocycles. The van der Waals surface area contributed by atoms with Crippen molar-refractivity contribution in [2.24, 2.45) is 7.05 Å². The van der Waals surface area contributed by atoms with E-state index in [2.05, 4.69) is 58.5 Å². The Morgan fingerprint density at radius 2 is 1.77 bits per heavy atom. The van der Waals surface area contributed by atoms with Gasteiger partial charge in [0.1, 0.15) is 12.4 Å².